The molecular weight excluding hydrogens is 347 g/mol. The van der Waals surface area contributed by atoms with Gasteiger partial charge in [0.2, 0.25) is 0 Å². The van der Waals surface area contributed by atoms with Crippen LogP contribution < -0.4 is 10.6 Å². The van der Waals surface area contributed by atoms with E-state index in [1.807, 2.05) is 11.8 Å². The van der Waals surface area contributed by atoms with E-state index >= 15 is 0 Å². The summed E-state index contributed by atoms with van der Waals surface area (Å²) in [6.07, 6.45) is 2.11. The second kappa shape index (κ2) is 14.4. The minimum absolute atomic E-state index is 0. The zero-order valence-electron chi connectivity index (χ0n) is 11.5. The van der Waals surface area contributed by atoms with Crippen molar-refractivity contribution >= 4 is 41.7 Å². The topological polar surface area (TPSA) is 39.7 Å². The molecule has 4 nitrogen and oxygen atoms in total. The van der Waals surface area contributed by atoms with Crippen molar-refractivity contribution in [1.29, 1.82) is 0 Å². The maximum Gasteiger partial charge on any atom is 0.191 e. The van der Waals surface area contributed by atoms with Gasteiger partial charge in [0.05, 0.1) is 6.54 Å². The molecule has 0 spiro atoms. The molecular formula is C11H27IN4S. The lowest BCUT2D eigenvalue weighted by Crippen LogP contribution is -2.39. The Hall–Kier alpha value is 0.310. The minimum atomic E-state index is 0. The van der Waals surface area contributed by atoms with E-state index in [-0.39, 0.29) is 24.0 Å². The van der Waals surface area contributed by atoms with Crippen molar-refractivity contribution in [2.24, 2.45) is 4.99 Å². The van der Waals surface area contributed by atoms with Gasteiger partial charge in [-0.3, -0.25) is 4.99 Å². The van der Waals surface area contributed by atoms with Crippen LogP contribution in [0.25, 0.3) is 0 Å². The Labute approximate surface area is 127 Å². The summed E-state index contributed by atoms with van der Waals surface area (Å²) in [5.74, 6) is 2.04. The second-order valence-electron chi connectivity index (χ2n) is 3.58. The Morgan fingerprint density at radius 3 is 2.53 bits per heavy atom. The number of likely N-dealkylation sites (N-methyl/N-ethyl adjacent to an activating group) is 1. The summed E-state index contributed by atoms with van der Waals surface area (Å²) in [6, 6.07) is 0. The van der Waals surface area contributed by atoms with Crippen molar-refractivity contribution in [3.63, 3.8) is 0 Å². The van der Waals surface area contributed by atoms with E-state index in [0.29, 0.717) is 0 Å². The van der Waals surface area contributed by atoms with Gasteiger partial charge in [-0.15, -0.1) is 24.0 Å². The Bertz CT molecular complexity index is 190. The number of halogens is 1. The quantitative estimate of drug-likeness (QED) is 0.292. The molecule has 0 bridgehead atoms. The van der Waals surface area contributed by atoms with Gasteiger partial charge in [-0.05, 0) is 26.8 Å². The van der Waals surface area contributed by atoms with Crippen LogP contribution in [0.15, 0.2) is 4.99 Å². The molecule has 0 radical (unpaired) electrons. The Morgan fingerprint density at radius 2 is 2.00 bits per heavy atom. The van der Waals surface area contributed by atoms with E-state index in [1.165, 1.54) is 0 Å². The van der Waals surface area contributed by atoms with Crippen molar-refractivity contribution in [2.75, 3.05) is 51.8 Å². The normalized spacial score (nSPS) is 11.2. The summed E-state index contributed by atoms with van der Waals surface area (Å²) in [7, 11) is 2.11. The van der Waals surface area contributed by atoms with Gasteiger partial charge in [0.1, 0.15) is 0 Å². The third-order valence-electron chi connectivity index (χ3n) is 2.23. The number of hydrogen-bond donors (Lipinski definition) is 2. The summed E-state index contributed by atoms with van der Waals surface area (Å²) in [4.78, 5) is 6.78. The van der Waals surface area contributed by atoms with Crippen molar-refractivity contribution in [3.05, 3.63) is 0 Å². The summed E-state index contributed by atoms with van der Waals surface area (Å²) in [5.41, 5.74) is 0. The summed E-state index contributed by atoms with van der Waals surface area (Å²) >= 11 is 1.84. The van der Waals surface area contributed by atoms with E-state index in [4.69, 9.17) is 0 Å². The van der Waals surface area contributed by atoms with Gasteiger partial charge in [0, 0.05) is 25.4 Å². The molecule has 0 atom stereocenters. The van der Waals surface area contributed by atoms with Crippen molar-refractivity contribution in [1.82, 2.24) is 15.5 Å². The number of aliphatic imine (C=N–C) groups is 1. The van der Waals surface area contributed by atoms with Crippen LogP contribution in [0.3, 0.4) is 0 Å². The number of hydrogen-bond acceptors (Lipinski definition) is 3. The molecule has 0 saturated heterocycles. The van der Waals surface area contributed by atoms with Crippen LogP contribution in [0.1, 0.15) is 13.8 Å². The van der Waals surface area contributed by atoms with Gasteiger partial charge in [-0.2, -0.15) is 11.8 Å². The van der Waals surface area contributed by atoms with Gasteiger partial charge < -0.3 is 15.5 Å². The second-order valence-corrected chi connectivity index (χ2v) is 4.56. The van der Waals surface area contributed by atoms with Crippen molar-refractivity contribution in [3.8, 4) is 0 Å². The lowest BCUT2D eigenvalue weighted by molar-refractivity contribution is 0.363. The van der Waals surface area contributed by atoms with Crippen LogP contribution in [-0.4, -0.2) is 62.6 Å². The molecule has 17 heavy (non-hydrogen) atoms. The van der Waals surface area contributed by atoms with Crippen LogP contribution in [0.2, 0.25) is 0 Å². The summed E-state index contributed by atoms with van der Waals surface area (Å²) in [5, 5.41) is 6.56. The molecule has 0 aromatic rings. The fourth-order valence-electron chi connectivity index (χ4n) is 1.10. The first-order chi connectivity index (χ1) is 7.74. The molecule has 0 aliphatic heterocycles. The molecule has 0 saturated carbocycles. The molecule has 0 amide bonds. The highest BCUT2D eigenvalue weighted by Crippen LogP contribution is 1.87. The predicted octanol–water partition coefficient (Wildman–Crippen LogP) is 1.47. The first-order valence-electron chi connectivity index (χ1n) is 5.94. The average Bonchev–Trinajstić information content (AvgIpc) is 2.29. The smallest absolute Gasteiger partial charge is 0.191 e. The van der Waals surface area contributed by atoms with E-state index in [2.05, 4.69) is 47.7 Å². The fourth-order valence-corrected chi connectivity index (χ4v) is 1.41. The van der Waals surface area contributed by atoms with Crippen molar-refractivity contribution < 1.29 is 0 Å². The van der Waals surface area contributed by atoms with Gasteiger partial charge >= 0.3 is 0 Å². The largest absolute Gasteiger partial charge is 0.357 e. The van der Waals surface area contributed by atoms with Crippen LogP contribution in [0.5, 0.6) is 0 Å². The third-order valence-corrected chi connectivity index (χ3v) is 2.85. The standard InChI is InChI=1S/C11H26N4S.HI/c1-5-12-11(14-8-10-16-4)13-7-9-15(3)6-2;/h5-10H2,1-4H3,(H2,12,13,14);1H. The first-order valence-corrected chi connectivity index (χ1v) is 7.33. The predicted molar refractivity (Wildman–Crippen MR) is 90.9 cm³/mol. The first kappa shape index (κ1) is 19.6. The number of thioether (sulfide) groups is 1. The zero-order valence-corrected chi connectivity index (χ0v) is 14.6. The number of nitrogens with one attached hydrogen (secondary N) is 2. The Morgan fingerprint density at radius 1 is 1.29 bits per heavy atom. The maximum atomic E-state index is 4.52. The lowest BCUT2D eigenvalue weighted by Gasteiger charge is -2.13. The van der Waals surface area contributed by atoms with Crippen LogP contribution in [-0.2, 0) is 0 Å². The molecule has 0 fully saturated rings. The van der Waals surface area contributed by atoms with Gasteiger partial charge in [0.25, 0.3) is 0 Å². The van der Waals surface area contributed by atoms with E-state index in [1.54, 1.807) is 0 Å². The molecule has 0 unspecified atom stereocenters. The molecule has 0 aliphatic carbocycles. The van der Waals surface area contributed by atoms with Crippen molar-refractivity contribution in [2.45, 2.75) is 13.8 Å². The molecule has 0 rings (SSSR count). The molecule has 104 valence electrons. The Kier molecular flexibility index (Phi) is 16.6. The monoisotopic (exact) mass is 374 g/mol. The SMILES string of the molecule is CCNC(=NCCN(C)CC)NCCSC.I. The molecule has 2 N–H and O–H groups in total. The van der Waals surface area contributed by atoms with Gasteiger partial charge in [-0.25, -0.2) is 0 Å². The highest BCUT2D eigenvalue weighted by molar-refractivity contribution is 14.0. The van der Waals surface area contributed by atoms with Crippen LogP contribution in [0.4, 0.5) is 0 Å². The zero-order chi connectivity index (χ0) is 12.2. The number of guanidine groups is 1. The minimum Gasteiger partial charge on any atom is -0.357 e. The molecule has 6 heteroatoms. The summed E-state index contributed by atoms with van der Waals surface area (Å²) < 4.78 is 0. The fraction of sp³-hybridized carbons (Fsp3) is 0.909. The molecule has 0 heterocycles. The third kappa shape index (κ3) is 12.6. The number of nitrogens with zero attached hydrogens (tertiary/aromatic N) is 2. The maximum absolute atomic E-state index is 4.52. The van der Waals surface area contributed by atoms with Gasteiger partial charge in [0.15, 0.2) is 5.96 Å². The molecule has 0 aromatic carbocycles. The Balaban J connectivity index is 0. The number of rotatable bonds is 8. The lowest BCUT2D eigenvalue weighted by atomic mass is 10.5. The summed E-state index contributed by atoms with van der Waals surface area (Å²) in [6.45, 7) is 9.06. The highest BCUT2D eigenvalue weighted by Gasteiger charge is 1.96. The highest BCUT2D eigenvalue weighted by atomic mass is 127. The molecule has 0 aromatic heterocycles. The molecule has 0 aliphatic rings. The van der Waals surface area contributed by atoms with Gasteiger partial charge in [-0.1, -0.05) is 6.92 Å². The van der Waals surface area contributed by atoms with E-state index in [0.717, 1.165) is 44.4 Å². The van der Waals surface area contributed by atoms with Crippen LogP contribution in [0, 0.1) is 0 Å². The average molecular weight is 374 g/mol. The van der Waals surface area contributed by atoms with E-state index in [9.17, 15) is 0 Å². The van der Waals surface area contributed by atoms with Crippen LogP contribution >= 0.6 is 35.7 Å². The van der Waals surface area contributed by atoms with E-state index < -0.39 is 0 Å².